The van der Waals surface area contributed by atoms with Crippen LogP contribution in [0.25, 0.3) is 0 Å². The Labute approximate surface area is 115 Å². The highest BCUT2D eigenvalue weighted by Gasteiger charge is 2.09. The summed E-state index contributed by atoms with van der Waals surface area (Å²) in [4.78, 5) is 15.8. The van der Waals surface area contributed by atoms with E-state index in [9.17, 15) is 9.18 Å². The molecule has 1 heterocycles. The Morgan fingerprint density at radius 1 is 1.30 bits per heavy atom. The van der Waals surface area contributed by atoms with E-state index in [1.807, 2.05) is 0 Å². The Hall–Kier alpha value is -2.71. The number of benzene rings is 1. The summed E-state index contributed by atoms with van der Waals surface area (Å²) in [5, 5.41) is 11.0. The molecular weight excluding hydrogens is 259 g/mol. The molecule has 0 atom stereocenters. The predicted molar refractivity (Wildman–Crippen MR) is 72.6 cm³/mol. The molecule has 2 N–H and O–H groups in total. The molecule has 2 rings (SSSR count). The van der Waals surface area contributed by atoms with Crippen LogP contribution in [-0.4, -0.2) is 22.6 Å². The summed E-state index contributed by atoms with van der Waals surface area (Å²) in [6.07, 6.45) is 1.42. The van der Waals surface area contributed by atoms with Crippen molar-refractivity contribution in [1.82, 2.24) is 4.98 Å². The highest BCUT2D eigenvalue weighted by molar-refractivity contribution is 6.02. The van der Waals surface area contributed by atoms with Crippen molar-refractivity contribution in [3.63, 3.8) is 0 Å². The number of rotatable bonds is 2. The molecule has 0 saturated heterocycles. The summed E-state index contributed by atoms with van der Waals surface area (Å²) in [5.74, 6) is 4.13. The van der Waals surface area contributed by atoms with E-state index in [2.05, 4.69) is 22.1 Å². The van der Waals surface area contributed by atoms with E-state index in [1.165, 1.54) is 30.5 Å². The molecule has 1 aromatic heterocycles. The van der Waals surface area contributed by atoms with Crippen molar-refractivity contribution in [2.24, 2.45) is 0 Å². The molecular formula is C15H11FN2O2. The Balaban J connectivity index is 2.12. The third-order valence-electron chi connectivity index (χ3n) is 2.43. The lowest BCUT2D eigenvalue weighted by molar-refractivity contribution is 0.102. The quantitative estimate of drug-likeness (QED) is 0.818. The van der Waals surface area contributed by atoms with Crippen molar-refractivity contribution in [1.29, 1.82) is 0 Å². The molecule has 2 aromatic rings. The molecule has 20 heavy (non-hydrogen) atoms. The van der Waals surface area contributed by atoms with E-state index in [0.717, 1.165) is 0 Å². The number of carbonyl (C=O) groups is 1. The number of aromatic nitrogens is 1. The molecule has 1 aromatic carbocycles. The number of amides is 1. The topological polar surface area (TPSA) is 62.2 Å². The number of anilines is 1. The van der Waals surface area contributed by atoms with Gasteiger partial charge in [-0.3, -0.25) is 4.79 Å². The van der Waals surface area contributed by atoms with Gasteiger partial charge in [0, 0.05) is 11.8 Å². The molecule has 0 unspecified atom stereocenters. The number of halogens is 1. The van der Waals surface area contributed by atoms with Gasteiger partial charge in [0.05, 0.1) is 5.69 Å². The van der Waals surface area contributed by atoms with Gasteiger partial charge in [-0.15, -0.1) is 0 Å². The van der Waals surface area contributed by atoms with Crippen LogP contribution >= 0.6 is 0 Å². The first kappa shape index (κ1) is 13.7. The minimum absolute atomic E-state index is 0.100. The highest BCUT2D eigenvalue weighted by Crippen LogP contribution is 2.13. The van der Waals surface area contributed by atoms with Gasteiger partial charge in [0.25, 0.3) is 5.91 Å². The van der Waals surface area contributed by atoms with Crippen LogP contribution in [-0.2, 0) is 0 Å². The van der Waals surface area contributed by atoms with E-state index < -0.39 is 11.7 Å². The predicted octanol–water partition coefficient (Wildman–Crippen LogP) is 1.82. The number of nitrogens with zero attached hydrogens (tertiary/aromatic N) is 1. The van der Waals surface area contributed by atoms with Gasteiger partial charge in [0.15, 0.2) is 0 Å². The van der Waals surface area contributed by atoms with Crippen LogP contribution in [0.3, 0.4) is 0 Å². The van der Waals surface area contributed by atoms with E-state index in [0.29, 0.717) is 5.56 Å². The SMILES string of the molecule is O=C(Nc1ccccc1F)c1ccc(C#CCO)cn1. The molecule has 0 aliphatic heterocycles. The molecule has 5 heteroatoms. The molecule has 0 aliphatic carbocycles. The third kappa shape index (κ3) is 3.40. The summed E-state index contributed by atoms with van der Waals surface area (Å²) in [7, 11) is 0. The number of hydrogen-bond acceptors (Lipinski definition) is 3. The number of para-hydroxylation sites is 1. The number of aliphatic hydroxyl groups is 1. The normalized spacial score (nSPS) is 9.50. The maximum Gasteiger partial charge on any atom is 0.274 e. The first-order valence-corrected chi connectivity index (χ1v) is 5.82. The fourth-order valence-corrected chi connectivity index (χ4v) is 1.49. The number of nitrogens with one attached hydrogen (secondary N) is 1. The van der Waals surface area contributed by atoms with Crippen LogP contribution in [0, 0.1) is 17.7 Å². The summed E-state index contributed by atoms with van der Waals surface area (Å²) in [5.41, 5.74) is 0.841. The second-order valence-electron chi connectivity index (χ2n) is 3.83. The average molecular weight is 270 g/mol. The van der Waals surface area contributed by atoms with Crippen molar-refractivity contribution in [3.05, 3.63) is 59.7 Å². The first-order chi connectivity index (χ1) is 9.70. The van der Waals surface area contributed by atoms with Gasteiger partial charge < -0.3 is 10.4 Å². The number of aliphatic hydroxyl groups excluding tert-OH is 1. The molecule has 0 saturated carbocycles. The number of hydrogen-bond donors (Lipinski definition) is 2. The van der Waals surface area contributed by atoms with Gasteiger partial charge in [-0.1, -0.05) is 24.0 Å². The Bertz CT molecular complexity index is 672. The standard InChI is InChI=1S/C15H11FN2O2/c16-12-5-1-2-6-13(12)18-15(20)14-8-7-11(10-17-14)4-3-9-19/h1-2,5-8,10,19H,9H2,(H,18,20). The number of carbonyl (C=O) groups excluding carboxylic acids is 1. The van der Waals surface area contributed by atoms with Gasteiger partial charge in [-0.05, 0) is 24.3 Å². The van der Waals surface area contributed by atoms with Crippen LogP contribution in [0.15, 0.2) is 42.6 Å². The summed E-state index contributed by atoms with van der Waals surface area (Å²) < 4.78 is 13.4. The van der Waals surface area contributed by atoms with Crippen LogP contribution in [0.1, 0.15) is 16.1 Å². The Kier molecular flexibility index (Phi) is 4.43. The van der Waals surface area contributed by atoms with E-state index >= 15 is 0 Å². The fourth-order valence-electron chi connectivity index (χ4n) is 1.49. The number of pyridine rings is 1. The average Bonchev–Trinajstić information content (AvgIpc) is 2.48. The molecule has 4 nitrogen and oxygen atoms in total. The molecule has 0 bridgehead atoms. The Morgan fingerprint density at radius 3 is 2.75 bits per heavy atom. The lowest BCUT2D eigenvalue weighted by atomic mass is 10.2. The summed E-state index contributed by atoms with van der Waals surface area (Å²) >= 11 is 0. The molecule has 0 fully saturated rings. The van der Waals surface area contributed by atoms with Crippen molar-refractivity contribution in [2.75, 3.05) is 11.9 Å². The monoisotopic (exact) mass is 270 g/mol. The zero-order chi connectivity index (χ0) is 14.4. The van der Waals surface area contributed by atoms with Crippen LogP contribution in [0.5, 0.6) is 0 Å². The Morgan fingerprint density at radius 2 is 2.10 bits per heavy atom. The third-order valence-corrected chi connectivity index (χ3v) is 2.43. The van der Waals surface area contributed by atoms with Gasteiger partial charge >= 0.3 is 0 Å². The highest BCUT2D eigenvalue weighted by atomic mass is 19.1. The molecule has 1 amide bonds. The van der Waals surface area contributed by atoms with Crippen molar-refractivity contribution < 1.29 is 14.3 Å². The summed E-state index contributed by atoms with van der Waals surface area (Å²) in [6, 6.07) is 8.98. The smallest absolute Gasteiger partial charge is 0.274 e. The van der Waals surface area contributed by atoms with Crippen molar-refractivity contribution in [2.45, 2.75) is 0 Å². The second-order valence-corrected chi connectivity index (χ2v) is 3.83. The largest absolute Gasteiger partial charge is 0.384 e. The minimum Gasteiger partial charge on any atom is -0.384 e. The molecule has 0 aliphatic rings. The van der Waals surface area contributed by atoms with E-state index in [4.69, 9.17) is 5.11 Å². The molecule has 100 valence electrons. The maximum absolute atomic E-state index is 13.4. The zero-order valence-electron chi connectivity index (χ0n) is 10.4. The van der Waals surface area contributed by atoms with Gasteiger partial charge in [-0.25, -0.2) is 9.37 Å². The van der Waals surface area contributed by atoms with E-state index in [-0.39, 0.29) is 18.0 Å². The van der Waals surface area contributed by atoms with Gasteiger partial charge in [0.1, 0.15) is 18.1 Å². The van der Waals surface area contributed by atoms with Gasteiger partial charge in [0.2, 0.25) is 0 Å². The minimum atomic E-state index is -0.508. The van der Waals surface area contributed by atoms with Gasteiger partial charge in [-0.2, -0.15) is 0 Å². The first-order valence-electron chi connectivity index (χ1n) is 5.82. The zero-order valence-corrected chi connectivity index (χ0v) is 10.4. The van der Waals surface area contributed by atoms with Crippen molar-refractivity contribution >= 4 is 11.6 Å². The fraction of sp³-hybridized carbons (Fsp3) is 0.0667. The lowest BCUT2D eigenvalue weighted by Gasteiger charge is -2.05. The maximum atomic E-state index is 13.4. The van der Waals surface area contributed by atoms with E-state index in [1.54, 1.807) is 12.1 Å². The van der Waals surface area contributed by atoms with Crippen LogP contribution < -0.4 is 5.32 Å². The molecule has 0 radical (unpaired) electrons. The second kappa shape index (κ2) is 6.45. The van der Waals surface area contributed by atoms with Crippen LogP contribution in [0.4, 0.5) is 10.1 Å². The summed E-state index contributed by atoms with van der Waals surface area (Å²) in [6.45, 7) is -0.241. The lowest BCUT2D eigenvalue weighted by Crippen LogP contribution is -2.14. The van der Waals surface area contributed by atoms with Crippen molar-refractivity contribution in [3.8, 4) is 11.8 Å². The molecule has 0 spiro atoms. The van der Waals surface area contributed by atoms with Crippen LogP contribution in [0.2, 0.25) is 0 Å².